The Balaban J connectivity index is 1.11. The Labute approximate surface area is 238 Å². The van der Waals surface area contributed by atoms with Crippen molar-refractivity contribution in [2.75, 3.05) is 18.0 Å². The molecule has 39 heavy (non-hydrogen) atoms. The first-order chi connectivity index (χ1) is 18.9. The highest BCUT2D eigenvalue weighted by molar-refractivity contribution is 7.14. The molecule has 7 nitrogen and oxygen atoms in total. The summed E-state index contributed by atoms with van der Waals surface area (Å²) in [5, 5.41) is 17.1. The van der Waals surface area contributed by atoms with E-state index >= 15 is 0 Å². The molecule has 2 fully saturated rings. The number of hydrogen-bond acceptors (Lipinski definition) is 7. The van der Waals surface area contributed by atoms with Crippen molar-refractivity contribution in [3.05, 3.63) is 74.5 Å². The number of nitrogens with zero attached hydrogens (tertiary/aromatic N) is 3. The Morgan fingerprint density at radius 1 is 1.15 bits per heavy atom. The molecule has 1 saturated carbocycles. The molecule has 0 atom stereocenters. The van der Waals surface area contributed by atoms with Gasteiger partial charge in [-0.3, -0.25) is 0 Å². The van der Waals surface area contributed by atoms with Gasteiger partial charge in [-0.25, -0.2) is 14.2 Å². The highest BCUT2D eigenvalue weighted by atomic mass is 35.5. The molecule has 2 aromatic heterocycles. The predicted octanol–water partition coefficient (Wildman–Crippen LogP) is 7.67. The van der Waals surface area contributed by atoms with E-state index < -0.39 is 11.8 Å². The minimum Gasteiger partial charge on any atom is -0.478 e. The summed E-state index contributed by atoms with van der Waals surface area (Å²) in [5.41, 5.74) is 3.05. The van der Waals surface area contributed by atoms with Crippen molar-refractivity contribution < 1.29 is 23.6 Å². The lowest BCUT2D eigenvalue weighted by Crippen LogP contribution is -2.37. The Morgan fingerprint density at radius 3 is 2.56 bits per heavy atom. The van der Waals surface area contributed by atoms with Gasteiger partial charge in [-0.15, -0.1) is 11.3 Å². The van der Waals surface area contributed by atoms with E-state index in [1.54, 1.807) is 24.3 Å². The number of halogens is 3. The molecule has 0 unspecified atom stereocenters. The number of piperidine rings is 1. The third kappa shape index (κ3) is 5.41. The molecule has 0 radical (unpaired) electrons. The maximum absolute atomic E-state index is 14.1. The van der Waals surface area contributed by atoms with Gasteiger partial charge in [-0.05, 0) is 49.9 Å². The van der Waals surface area contributed by atoms with E-state index in [9.17, 15) is 9.18 Å². The van der Waals surface area contributed by atoms with Gasteiger partial charge in [0, 0.05) is 41.1 Å². The van der Waals surface area contributed by atoms with Crippen LogP contribution in [0.2, 0.25) is 10.0 Å². The Kier molecular flexibility index (Phi) is 7.33. The summed E-state index contributed by atoms with van der Waals surface area (Å²) in [6.07, 6.45) is 3.85. The third-order valence-corrected chi connectivity index (χ3v) is 8.66. The van der Waals surface area contributed by atoms with E-state index in [1.807, 2.05) is 5.38 Å². The van der Waals surface area contributed by atoms with Gasteiger partial charge in [-0.2, -0.15) is 0 Å². The molecule has 2 aromatic carbocycles. The van der Waals surface area contributed by atoms with Gasteiger partial charge < -0.3 is 19.3 Å². The molecule has 4 aromatic rings. The van der Waals surface area contributed by atoms with Gasteiger partial charge in [0.1, 0.15) is 17.3 Å². The van der Waals surface area contributed by atoms with Crippen molar-refractivity contribution >= 4 is 45.6 Å². The number of benzene rings is 2. The topological polar surface area (TPSA) is 88.7 Å². The number of thiazole rings is 1. The maximum Gasteiger partial charge on any atom is 0.338 e. The van der Waals surface area contributed by atoms with Gasteiger partial charge in [0.15, 0.2) is 5.13 Å². The van der Waals surface area contributed by atoms with Crippen LogP contribution in [0.4, 0.5) is 9.52 Å². The zero-order valence-electron chi connectivity index (χ0n) is 20.7. The van der Waals surface area contributed by atoms with E-state index in [1.165, 1.54) is 23.5 Å². The number of carbonyl (C=O) groups is 1. The molecule has 1 saturated heterocycles. The number of aromatic carboxylic acids is 1. The summed E-state index contributed by atoms with van der Waals surface area (Å²) in [4.78, 5) is 18.0. The fourth-order valence-corrected chi connectivity index (χ4v) is 6.32. The zero-order chi connectivity index (χ0) is 27.1. The lowest BCUT2D eigenvalue weighted by atomic mass is 10.0. The molecule has 0 bridgehead atoms. The van der Waals surface area contributed by atoms with Crippen LogP contribution in [-0.2, 0) is 11.3 Å². The van der Waals surface area contributed by atoms with Crippen molar-refractivity contribution in [3.8, 4) is 22.5 Å². The first-order valence-corrected chi connectivity index (χ1v) is 14.3. The zero-order valence-corrected chi connectivity index (χ0v) is 23.0. The average molecular weight is 588 g/mol. The maximum atomic E-state index is 14.1. The van der Waals surface area contributed by atoms with Crippen molar-refractivity contribution in [1.82, 2.24) is 10.1 Å². The molecular formula is C28H24Cl2FN3O4S. The van der Waals surface area contributed by atoms with Crippen LogP contribution in [0.3, 0.4) is 0 Å². The van der Waals surface area contributed by atoms with E-state index in [4.69, 9.17) is 37.6 Å². The second kappa shape index (κ2) is 10.9. The summed E-state index contributed by atoms with van der Waals surface area (Å²) >= 11 is 14.4. The first kappa shape index (κ1) is 26.3. The summed E-state index contributed by atoms with van der Waals surface area (Å²) in [7, 11) is 0. The van der Waals surface area contributed by atoms with E-state index in [-0.39, 0.29) is 11.7 Å². The quantitative estimate of drug-likeness (QED) is 0.226. The summed E-state index contributed by atoms with van der Waals surface area (Å²) in [6.45, 7) is 1.91. The van der Waals surface area contributed by atoms with Gasteiger partial charge in [0.25, 0.3) is 0 Å². The summed E-state index contributed by atoms with van der Waals surface area (Å²) in [5.74, 6) is -0.840. The van der Waals surface area contributed by atoms with Crippen LogP contribution in [0.1, 0.15) is 53.3 Å². The van der Waals surface area contributed by atoms with Crippen LogP contribution in [-0.4, -0.2) is 40.4 Å². The molecule has 1 aliphatic carbocycles. The van der Waals surface area contributed by atoms with Crippen LogP contribution < -0.4 is 4.90 Å². The number of hydrogen-bond donors (Lipinski definition) is 1. The number of anilines is 1. The third-order valence-electron chi connectivity index (χ3n) is 7.13. The summed E-state index contributed by atoms with van der Waals surface area (Å²) < 4.78 is 26.3. The van der Waals surface area contributed by atoms with Gasteiger partial charge in [0.05, 0.1) is 34.0 Å². The molecular weight excluding hydrogens is 564 g/mol. The van der Waals surface area contributed by atoms with Gasteiger partial charge in [-0.1, -0.05) is 40.5 Å². The van der Waals surface area contributed by atoms with Crippen LogP contribution in [0.25, 0.3) is 22.5 Å². The van der Waals surface area contributed by atoms with Gasteiger partial charge in [0.2, 0.25) is 0 Å². The van der Waals surface area contributed by atoms with E-state index in [2.05, 4.69) is 15.0 Å². The first-order valence-electron chi connectivity index (χ1n) is 12.7. The van der Waals surface area contributed by atoms with E-state index in [0.29, 0.717) is 45.1 Å². The van der Waals surface area contributed by atoms with Crippen molar-refractivity contribution in [2.45, 2.75) is 44.3 Å². The fraction of sp³-hybridized carbons (Fsp3) is 0.321. The Hall–Kier alpha value is -2.98. The fourth-order valence-electron chi connectivity index (χ4n) is 4.85. The number of ether oxygens (including phenoxy) is 1. The normalized spacial score (nSPS) is 16.1. The smallest absolute Gasteiger partial charge is 0.338 e. The molecule has 0 amide bonds. The highest BCUT2D eigenvalue weighted by Gasteiger charge is 2.34. The van der Waals surface area contributed by atoms with Crippen molar-refractivity contribution in [3.63, 3.8) is 0 Å². The van der Waals surface area contributed by atoms with Crippen LogP contribution >= 0.6 is 34.5 Å². The molecule has 3 heterocycles. The lowest BCUT2D eigenvalue weighted by Gasteiger charge is -2.31. The number of carboxylic acids is 1. The lowest BCUT2D eigenvalue weighted by molar-refractivity contribution is 0.0246. The Morgan fingerprint density at radius 2 is 1.90 bits per heavy atom. The largest absolute Gasteiger partial charge is 0.478 e. The average Bonchev–Trinajstić information content (AvgIpc) is 3.49. The van der Waals surface area contributed by atoms with Crippen LogP contribution in [0.5, 0.6) is 0 Å². The molecule has 6 rings (SSSR count). The molecule has 1 N–H and O–H groups in total. The second-order valence-corrected chi connectivity index (χ2v) is 11.4. The Bertz CT molecular complexity index is 1510. The molecule has 0 spiro atoms. The van der Waals surface area contributed by atoms with Crippen LogP contribution in [0.15, 0.2) is 46.3 Å². The van der Waals surface area contributed by atoms with Crippen molar-refractivity contribution in [2.24, 2.45) is 0 Å². The standard InChI is InChI=1S/C28H24Cl2FN3O4S/c29-20-2-1-3-21(30)24(20)25-19(26(38-33-25)15-4-5-15)13-37-17-8-10-34(11-9-17)28-32-23(14-39-28)16-6-7-18(27(35)36)22(31)12-16/h1-3,6-7,12,14-15,17H,4-5,8-11,13H2,(H,35,36). The van der Waals surface area contributed by atoms with Gasteiger partial charge >= 0.3 is 5.97 Å². The van der Waals surface area contributed by atoms with Crippen molar-refractivity contribution in [1.29, 1.82) is 0 Å². The molecule has 202 valence electrons. The highest BCUT2D eigenvalue weighted by Crippen LogP contribution is 2.46. The number of carboxylic acid groups (broad SMARTS) is 1. The second-order valence-electron chi connectivity index (χ2n) is 9.76. The SMILES string of the molecule is O=C(O)c1ccc(-c2csc(N3CCC(OCc4c(-c5c(Cl)cccc5Cl)noc4C4CC4)CC3)n2)cc1F. The molecule has 2 aliphatic rings. The number of rotatable bonds is 8. The van der Waals surface area contributed by atoms with Crippen LogP contribution in [0, 0.1) is 5.82 Å². The molecule has 11 heteroatoms. The monoisotopic (exact) mass is 587 g/mol. The van der Waals surface area contributed by atoms with E-state index in [0.717, 1.165) is 55.2 Å². The number of aromatic nitrogens is 2. The predicted molar refractivity (Wildman–Crippen MR) is 148 cm³/mol. The molecule has 1 aliphatic heterocycles. The summed E-state index contributed by atoms with van der Waals surface area (Å²) in [6, 6.07) is 9.45. The minimum atomic E-state index is -1.29. The minimum absolute atomic E-state index is 0.0647.